The summed E-state index contributed by atoms with van der Waals surface area (Å²) in [7, 11) is 1.66. The lowest BCUT2D eigenvalue weighted by Crippen LogP contribution is -2.35. The average Bonchev–Trinajstić information content (AvgIpc) is 3.16. The van der Waals surface area contributed by atoms with Crippen molar-refractivity contribution >= 4 is 23.0 Å². The number of ether oxygens (including phenoxy) is 2. The molecule has 0 saturated carbocycles. The molecule has 3 rings (SSSR count). The molecule has 0 unspecified atom stereocenters. The van der Waals surface area contributed by atoms with Crippen molar-refractivity contribution in [3.05, 3.63) is 59.9 Å². The van der Waals surface area contributed by atoms with Crippen molar-refractivity contribution in [1.29, 1.82) is 0 Å². The fraction of sp³-hybridized carbons (Fsp3) is 0.429. The molecular formula is C28H37N3O3. The van der Waals surface area contributed by atoms with Crippen molar-refractivity contribution in [3.8, 4) is 11.5 Å². The largest absolute Gasteiger partial charge is 0.493 e. The van der Waals surface area contributed by atoms with Crippen LogP contribution in [0.4, 0.5) is 0 Å². The lowest BCUT2D eigenvalue weighted by Gasteiger charge is -2.17. The van der Waals surface area contributed by atoms with Gasteiger partial charge in [0.15, 0.2) is 11.5 Å². The smallest absolute Gasteiger partial charge is 0.225 e. The number of carbonyl (C=O) groups is 1. The van der Waals surface area contributed by atoms with Crippen LogP contribution in [-0.2, 0) is 17.8 Å². The molecule has 1 heterocycles. The number of hydrogen-bond acceptors (Lipinski definition) is 4. The number of imidazole rings is 1. The molecule has 182 valence electrons. The van der Waals surface area contributed by atoms with Crippen LogP contribution in [0.2, 0.25) is 0 Å². The first kappa shape index (κ1) is 25.3. The Morgan fingerprint density at radius 3 is 2.65 bits per heavy atom. The predicted molar refractivity (Wildman–Crippen MR) is 138 cm³/mol. The normalized spacial score (nSPS) is 11.8. The van der Waals surface area contributed by atoms with Gasteiger partial charge in [-0.3, -0.25) is 4.79 Å². The van der Waals surface area contributed by atoms with Crippen LogP contribution in [0, 0.1) is 5.41 Å². The number of rotatable bonds is 11. The third-order valence-corrected chi connectivity index (χ3v) is 5.61. The lowest BCUT2D eigenvalue weighted by atomic mass is 9.96. The fourth-order valence-corrected chi connectivity index (χ4v) is 3.78. The van der Waals surface area contributed by atoms with Crippen molar-refractivity contribution in [2.45, 2.75) is 53.5 Å². The van der Waals surface area contributed by atoms with Gasteiger partial charge in [0.1, 0.15) is 5.82 Å². The van der Waals surface area contributed by atoms with Gasteiger partial charge in [-0.1, -0.05) is 51.1 Å². The van der Waals surface area contributed by atoms with E-state index >= 15 is 0 Å². The highest BCUT2D eigenvalue weighted by Crippen LogP contribution is 2.29. The van der Waals surface area contributed by atoms with Crippen LogP contribution in [0.1, 0.15) is 51.9 Å². The topological polar surface area (TPSA) is 65.4 Å². The fourth-order valence-electron chi connectivity index (χ4n) is 3.78. The van der Waals surface area contributed by atoms with Crippen LogP contribution in [0.3, 0.4) is 0 Å². The second-order valence-electron chi connectivity index (χ2n) is 9.39. The van der Waals surface area contributed by atoms with Gasteiger partial charge in [-0.2, -0.15) is 0 Å². The summed E-state index contributed by atoms with van der Waals surface area (Å²) < 4.78 is 13.8. The standard InChI is InChI=1S/C28H37N3O3/c1-6-11-21-15-16-24(25(20-21)33-5)34-19-10-18-31-23-13-8-7-12-22(23)30-26(31)14-9-17-29-27(32)28(2,3)4/h6-8,11-13,15-16,20H,9-10,14,17-19H2,1-5H3,(H,29,32)/b11-6+. The van der Waals surface area contributed by atoms with Gasteiger partial charge in [0.05, 0.1) is 24.8 Å². The SMILES string of the molecule is C/C=C/c1ccc(OCCCn2c(CCCNC(=O)C(C)(C)C)nc3ccccc32)c(OC)c1. The number of benzene rings is 2. The molecule has 0 radical (unpaired) electrons. The number of amides is 1. The van der Waals surface area contributed by atoms with E-state index in [9.17, 15) is 4.79 Å². The summed E-state index contributed by atoms with van der Waals surface area (Å²) in [5.74, 6) is 2.61. The molecular weight excluding hydrogens is 426 g/mol. The monoisotopic (exact) mass is 463 g/mol. The average molecular weight is 464 g/mol. The van der Waals surface area contributed by atoms with E-state index in [2.05, 4.69) is 16.0 Å². The quantitative estimate of drug-likeness (QED) is 0.374. The Morgan fingerprint density at radius 1 is 1.12 bits per heavy atom. The van der Waals surface area contributed by atoms with Gasteiger partial charge in [-0.15, -0.1) is 0 Å². The number of nitrogens with zero attached hydrogens (tertiary/aromatic N) is 2. The molecule has 1 amide bonds. The second-order valence-corrected chi connectivity index (χ2v) is 9.39. The molecule has 0 atom stereocenters. The highest BCUT2D eigenvalue weighted by atomic mass is 16.5. The van der Waals surface area contributed by atoms with Crippen LogP contribution in [0.5, 0.6) is 11.5 Å². The number of aryl methyl sites for hydroxylation is 2. The van der Waals surface area contributed by atoms with Gasteiger partial charge in [0.2, 0.25) is 5.91 Å². The highest BCUT2D eigenvalue weighted by Gasteiger charge is 2.20. The van der Waals surface area contributed by atoms with Crippen LogP contribution >= 0.6 is 0 Å². The van der Waals surface area contributed by atoms with E-state index in [-0.39, 0.29) is 11.3 Å². The minimum absolute atomic E-state index is 0.0762. The maximum atomic E-state index is 12.1. The number of aromatic nitrogens is 2. The zero-order chi connectivity index (χ0) is 24.6. The third-order valence-electron chi connectivity index (χ3n) is 5.61. The molecule has 0 saturated heterocycles. The predicted octanol–water partition coefficient (Wildman–Crippen LogP) is 5.64. The molecule has 6 nitrogen and oxygen atoms in total. The molecule has 0 bridgehead atoms. The minimum Gasteiger partial charge on any atom is -0.493 e. The molecule has 1 N–H and O–H groups in total. The number of para-hydroxylation sites is 2. The van der Waals surface area contributed by atoms with E-state index in [1.807, 2.05) is 76.2 Å². The van der Waals surface area contributed by atoms with E-state index in [4.69, 9.17) is 14.5 Å². The maximum Gasteiger partial charge on any atom is 0.225 e. The zero-order valence-corrected chi connectivity index (χ0v) is 21.1. The van der Waals surface area contributed by atoms with Gasteiger partial charge in [-0.25, -0.2) is 4.98 Å². The van der Waals surface area contributed by atoms with Crippen LogP contribution in [-0.4, -0.2) is 35.7 Å². The van der Waals surface area contributed by atoms with Crippen molar-refractivity contribution in [3.63, 3.8) is 0 Å². The number of allylic oxidation sites excluding steroid dienone is 1. The third kappa shape index (κ3) is 6.62. The Kier molecular flexibility index (Phi) is 8.74. The number of methoxy groups -OCH3 is 1. The Morgan fingerprint density at radius 2 is 1.91 bits per heavy atom. The Labute approximate surface area is 203 Å². The molecule has 1 aromatic heterocycles. The second kappa shape index (κ2) is 11.7. The van der Waals surface area contributed by atoms with Crippen molar-refractivity contribution in [2.75, 3.05) is 20.3 Å². The van der Waals surface area contributed by atoms with Gasteiger partial charge in [-0.05, 0) is 49.6 Å². The van der Waals surface area contributed by atoms with Crippen molar-refractivity contribution < 1.29 is 14.3 Å². The summed E-state index contributed by atoms with van der Waals surface area (Å²) >= 11 is 0. The Bertz CT molecular complexity index is 1130. The van der Waals surface area contributed by atoms with Gasteiger partial charge < -0.3 is 19.4 Å². The van der Waals surface area contributed by atoms with Crippen LogP contribution in [0.15, 0.2) is 48.5 Å². The van der Waals surface area contributed by atoms with Crippen molar-refractivity contribution in [2.24, 2.45) is 5.41 Å². The van der Waals surface area contributed by atoms with E-state index in [0.717, 1.165) is 59.7 Å². The number of nitrogens with one attached hydrogen (secondary N) is 1. The molecule has 0 spiro atoms. The first-order valence-electron chi connectivity index (χ1n) is 12.0. The summed E-state index contributed by atoms with van der Waals surface area (Å²) in [6, 6.07) is 14.2. The van der Waals surface area contributed by atoms with Crippen LogP contribution < -0.4 is 14.8 Å². The summed E-state index contributed by atoms with van der Waals surface area (Å²) in [6.07, 6.45) is 6.53. The van der Waals surface area contributed by atoms with Crippen LogP contribution in [0.25, 0.3) is 17.1 Å². The molecule has 0 aliphatic rings. The summed E-state index contributed by atoms with van der Waals surface area (Å²) in [4.78, 5) is 17.0. The Balaban J connectivity index is 1.60. The molecule has 3 aromatic rings. The zero-order valence-electron chi connectivity index (χ0n) is 21.1. The minimum atomic E-state index is -0.372. The van der Waals surface area contributed by atoms with Gasteiger partial charge in [0, 0.05) is 24.9 Å². The van der Waals surface area contributed by atoms with E-state index in [0.29, 0.717) is 13.2 Å². The highest BCUT2D eigenvalue weighted by molar-refractivity contribution is 5.81. The van der Waals surface area contributed by atoms with E-state index in [1.54, 1.807) is 7.11 Å². The maximum absolute atomic E-state index is 12.1. The van der Waals surface area contributed by atoms with E-state index in [1.165, 1.54) is 0 Å². The Hall–Kier alpha value is -3.28. The molecule has 6 heteroatoms. The number of hydrogen-bond donors (Lipinski definition) is 1. The summed E-state index contributed by atoms with van der Waals surface area (Å²) in [6.45, 7) is 9.80. The summed E-state index contributed by atoms with van der Waals surface area (Å²) in [5.41, 5.74) is 2.84. The molecule has 0 aliphatic carbocycles. The molecule has 0 aliphatic heterocycles. The number of carbonyl (C=O) groups excluding carboxylic acids is 1. The van der Waals surface area contributed by atoms with Gasteiger partial charge >= 0.3 is 0 Å². The first-order valence-corrected chi connectivity index (χ1v) is 12.0. The molecule has 0 fully saturated rings. The summed E-state index contributed by atoms with van der Waals surface area (Å²) in [5, 5.41) is 3.03. The van der Waals surface area contributed by atoms with E-state index < -0.39 is 0 Å². The number of fused-ring (bicyclic) bond motifs is 1. The van der Waals surface area contributed by atoms with Crippen molar-refractivity contribution in [1.82, 2.24) is 14.9 Å². The first-order chi connectivity index (χ1) is 16.3. The molecule has 2 aromatic carbocycles. The lowest BCUT2D eigenvalue weighted by molar-refractivity contribution is -0.128. The van der Waals surface area contributed by atoms with Gasteiger partial charge in [0.25, 0.3) is 0 Å². The molecule has 34 heavy (non-hydrogen) atoms.